The van der Waals surface area contributed by atoms with Gasteiger partial charge in [0.15, 0.2) is 0 Å². The molecule has 0 saturated heterocycles. The molecule has 3 nitrogen and oxygen atoms in total. The minimum atomic E-state index is -4.38. The van der Waals surface area contributed by atoms with Gasteiger partial charge in [-0.3, -0.25) is 9.98 Å². The zero-order valence-electron chi connectivity index (χ0n) is 13.4. The molecule has 0 saturated carbocycles. The molecule has 0 aromatic carbocycles. The molecule has 1 aromatic rings. The summed E-state index contributed by atoms with van der Waals surface area (Å²) in [5, 5.41) is 0. The molecule has 0 radical (unpaired) electrons. The Morgan fingerprint density at radius 1 is 1.16 bits per heavy atom. The average molecular weight is 343 g/mol. The second-order valence-electron chi connectivity index (χ2n) is 6.29. The number of aromatic nitrogens is 1. The number of amidine groups is 1. The highest BCUT2D eigenvalue weighted by Gasteiger charge is 2.42. The van der Waals surface area contributed by atoms with E-state index in [1.54, 1.807) is 12.3 Å². The summed E-state index contributed by atoms with van der Waals surface area (Å²) >= 11 is 0. The van der Waals surface area contributed by atoms with Gasteiger partial charge in [-0.25, -0.2) is 4.99 Å². The molecule has 0 fully saturated rings. The highest BCUT2D eigenvalue weighted by molar-refractivity contribution is 6.12. The molecule has 0 spiro atoms. The molecule has 0 bridgehead atoms. The summed E-state index contributed by atoms with van der Waals surface area (Å²) in [4.78, 5) is 13.4. The number of rotatable bonds is 3. The Morgan fingerprint density at radius 3 is 2.68 bits per heavy atom. The van der Waals surface area contributed by atoms with Crippen molar-refractivity contribution in [2.75, 3.05) is 0 Å². The van der Waals surface area contributed by atoms with Crippen molar-refractivity contribution in [1.29, 1.82) is 0 Å². The van der Waals surface area contributed by atoms with E-state index < -0.39 is 17.7 Å². The summed E-state index contributed by atoms with van der Waals surface area (Å²) in [5.41, 5.74) is 2.13. The van der Waals surface area contributed by atoms with E-state index in [1.807, 2.05) is 24.3 Å². The van der Waals surface area contributed by atoms with E-state index in [0.29, 0.717) is 6.42 Å². The van der Waals surface area contributed by atoms with Crippen molar-refractivity contribution in [2.45, 2.75) is 31.5 Å². The minimum absolute atomic E-state index is 0.259. The van der Waals surface area contributed by atoms with Crippen molar-refractivity contribution in [3.8, 4) is 0 Å². The second kappa shape index (κ2) is 6.10. The van der Waals surface area contributed by atoms with Crippen LogP contribution in [-0.4, -0.2) is 22.7 Å². The Morgan fingerprint density at radius 2 is 2.00 bits per heavy atom. The third-order valence-corrected chi connectivity index (χ3v) is 4.53. The summed E-state index contributed by atoms with van der Waals surface area (Å²) < 4.78 is 40.2. The number of pyridine rings is 1. The molecule has 25 heavy (non-hydrogen) atoms. The third-order valence-electron chi connectivity index (χ3n) is 4.53. The lowest BCUT2D eigenvalue weighted by atomic mass is 9.88. The molecule has 1 aromatic heterocycles. The summed E-state index contributed by atoms with van der Waals surface area (Å²) in [6, 6.07) is 5.25. The molecular weight excluding hydrogens is 327 g/mol. The highest BCUT2D eigenvalue weighted by atomic mass is 19.4. The van der Waals surface area contributed by atoms with Gasteiger partial charge in [-0.1, -0.05) is 30.4 Å². The first-order chi connectivity index (χ1) is 12.0. The van der Waals surface area contributed by atoms with Gasteiger partial charge in [0, 0.05) is 23.9 Å². The second-order valence-corrected chi connectivity index (χ2v) is 6.29. The van der Waals surface area contributed by atoms with Gasteiger partial charge in [0.25, 0.3) is 0 Å². The molecule has 6 heteroatoms. The van der Waals surface area contributed by atoms with E-state index >= 15 is 0 Å². The van der Waals surface area contributed by atoms with Gasteiger partial charge in [-0.05, 0) is 30.5 Å². The third kappa shape index (κ3) is 3.34. The van der Waals surface area contributed by atoms with Crippen LogP contribution in [0.4, 0.5) is 13.2 Å². The molecule has 4 rings (SSSR count). The fourth-order valence-electron chi connectivity index (χ4n) is 3.17. The van der Waals surface area contributed by atoms with Crippen LogP contribution in [0.3, 0.4) is 0 Å². The van der Waals surface area contributed by atoms with E-state index in [2.05, 4.69) is 15.0 Å². The lowest BCUT2D eigenvalue weighted by Crippen LogP contribution is -2.29. The molecule has 3 aliphatic rings. The number of hydrogen-bond donors (Lipinski definition) is 0. The Kier molecular flexibility index (Phi) is 3.90. The summed E-state index contributed by atoms with van der Waals surface area (Å²) in [6.45, 7) is 0. The fourth-order valence-corrected chi connectivity index (χ4v) is 3.17. The molecule has 2 atom stereocenters. The zero-order chi connectivity index (χ0) is 17.4. The van der Waals surface area contributed by atoms with Gasteiger partial charge in [-0.2, -0.15) is 13.2 Å². The maximum Gasteiger partial charge on any atom is 0.413 e. The predicted molar refractivity (Wildman–Crippen MR) is 90.6 cm³/mol. The van der Waals surface area contributed by atoms with E-state index in [9.17, 15) is 13.2 Å². The molecule has 128 valence electrons. The lowest BCUT2D eigenvalue weighted by molar-refractivity contribution is -0.0966. The first-order valence-electron chi connectivity index (χ1n) is 8.22. The topological polar surface area (TPSA) is 37.6 Å². The van der Waals surface area contributed by atoms with Crippen molar-refractivity contribution in [3.63, 3.8) is 0 Å². The first kappa shape index (κ1) is 16.0. The SMILES string of the molecule is FC(F)(F)C1=CC=CCC1C1=NC(c2ccccn2)CC(C2=CC2)=N1. The molecule has 1 aliphatic heterocycles. The van der Waals surface area contributed by atoms with Gasteiger partial charge in [-0.15, -0.1) is 0 Å². The van der Waals surface area contributed by atoms with Gasteiger partial charge in [0.05, 0.1) is 17.7 Å². The van der Waals surface area contributed by atoms with Crippen LogP contribution in [0.25, 0.3) is 0 Å². The van der Waals surface area contributed by atoms with E-state index in [4.69, 9.17) is 0 Å². The molecule has 0 amide bonds. The van der Waals surface area contributed by atoms with Crippen LogP contribution >= 0.6 is 0 Å². The maximum absolute atomic E-state index is 13.4. The van der Waals surface area contributed by atoms with Gasteiger partial charge < -0.3 is 0 Å². The Labute approximate surface area is 143 Å². The number of aliphatic imine (C=N–C) groups is 2. The Hall–Kier alpha value is -2.50. The van der Waals surface area contributed by atoms with Crippen LogP contribution in [0.2, 0.25) is 0 Å². The number of allylic oxidation sites excluding steroid dienone is 5. The van der Waals surface area contributed by atoms with Crippen LogP contribution in [0, 0.1) is 5.92 Å². The summed E-state index contributed by atoms with van der Waals surface area (Å²) in [5.74, 6) is -0.594. The van der Waals surface area contributed by atoms with E-state index in [0.717, 1.165) is 29.5 Å². The molecule has 2 unspecified atom stereocenters. The van der Waals surface area contributed by atoms with E-state index in [-0.39, 0.29) is 18.3 Å². The lowest BCUT2D eigenvalue weighted by Gasteiger charge is -2.27. The molecule has 2 heterocycles. The highest BCUT2D eigenvalue weighted by Crippen LogP contribution is 2.39. The molecule has 0 N–H and O–H groups in total. The number of halogens is 3. The monoisotopic (exact) mass is 343 g/mol. The molecular formula is C19H16F3N3. The van der Waals surface area contributed by atoms with Crippen molar-refractivity contribution in [2.24, 2.45) is 15.9 Å². The first-order valence-corrected chi connectivity index (χ1v) is 8.22. The van der Waals surface area contributed by atoms with Gasteiger partial charge in [0.1, 0.15) is 5.84 Å². The smallest absolute Gasteiger partial charge is 0.260 e. The summed E-state index contributed by atoms with van der Waals surface area (Å²) in [7, 11) is 0. The van der Waals surface area contributed by atoms with Crippen molar-refractivity contribution in [1.82, 2.24) is 4.98 Å². The molecule has 2 aliphatic carbocycles. The predicted octanol–water partition coefficient (Wildman–Crippen LogP) is 4.76. The van der Waals surface area contributed by atoms with Crippen LogP contribution in [0.15, 0.2) is 69.8 Å². The van der Waals surface area contributed by atoms with Crippen LogP contribution < -0.4 is 0 Å². The van der Waals surface area contributed by atoms with Crippen LogP contribution in [0.5, 0.6) is 0 Å². The largest absolute Gasteiger partial charge is 0.413 e. The average Bonchev–Trinajstić information content (AvgIpc) is 3.47. The van der Waals surface area contributed by atoms with Gasteiger partial charge >= 0.3 is 6.18 Å². The van der Waals surface area contributed by atoms with Crippen LogP contribution in [-0.2, 0) is 0 Å². The number of alkyl halides is 3. The Bertz CT molecular complexity index is 829. The van der Waals surface area contributed by atoms with E-state index in [1.165, 1.54) is 6.08 Å². The standard InChI is InChI=1S/C19H16F3N3/c20-19(21,22)14-6-2-1-5-13(14)18-24-16(12-8-9-12)11-17(25-18)15-7-3-4-10-23-15/h1-4,6-8,10,13,17H,5,9,11H2. The maximum atomic E-state index is 13.4. The van der Waals surface area contributed by atoms with Crippen molar-refractivity contribution < 1.29 is 13.2 Å². The number of nitrogens with zero attached hydrogens (tertiary/aromatic N) is 3. The normalized spacial score (nSPS) is 25.7. The zero-order valence-corrected chi connectivity index (χ0v) is 13.4. The summed E-state index contributed by atoms with van der Waals surface area (Å²) in [6.07, 6.45) is 5.35. The Balaban J connectivity index is 1.73. The quantitative estimate of drug-likeness (QED) is 0.779. The van der Waals surface area contributed by atoms with Crippen molar-refractivity contribution >= 4 is 11.5 Å². The number of hydrogen-bond acceptors (Lipinski definition) is 3. The van der Waals surface area contributed by atoms with Crippen molar-refractivity contribution in [3.05, 3.63) is 65.5 Å². The fraction of sp³-hybridized carbons (Fsp3) is 0.316. The van der Waals surface area contributed by atoms with Crippen LogP contribution in [0.1, 0.15) is 31.0 Å². The minimum Gasteiger partial charge on any atom is -0.260 e. The van der Waals surface area contributed by atoms with Gasteiger partial charge in [0.2, 0.25) is 0 Å².